The highest BCUT2D eigenvalue weighted by atomic mass is 16.5. The van der Waals surface area contributed by atoms with E-state index in [2.05, 4.69) is 72.3 Å². The van der Waals surface area contributed by atoms with Crippen molar-refractivity contribution in [1.82, 2.24) is 14.9 Å². The van der Waals surface area contributed by atoms with E-state index in [0.717, 1.165) is 79.9 Å². The fourth-order valence-electron chi connectivity index (χ4n) is 5.09. The highest BCUT2D eigenvalue weighted by Crippen LogP contribution is 2.23. The summed E-state index contributed by atoms with van der Waals surface area (Å²) in [6.07, 6.45) is 6.06. The first-order chi connectivity index (χ1) is 18.4. The maximum Gasteiger partial charge on any atom is 0.251 e. The molecule has 3 aromatic carbocycles. The summed E-state index contributed by atoms with van der Waals surface area (Å²) in [5.41, 5.74) is 7.63. The molecule has 200 valence electrons. The largest absolute Gasteiger partial charge is 0.493 e. The van der Waals surface area contributed by atoms with Gasteiger partial charge < -0.3 is 14.6 Å². The highest BCUT2D eigenvalue weighted by Gasteiger charge is 2.11. The van der Waals surface area contributed by atoms with Gasteiger partial charge in [-0.2, -0.15) is 0 Å². The number of imidazole rings is 1. The van der Waals surface area contributed by atoms with Gasteiger partial charge in [-0.1, -0.05) is 54.4 Å². The molecule has 4 aromatic rings. The average molecular weight is 512 g/mol. The Morgan fingerprint density at radius 3 is 2.42 bits per heavy atom. The topological polar surface area (TPSA) is 56.2 Å². The average Bonchev–Trinajstić information content (AvgIpc) is 3.24. The number of nitrogens with zero attached hydrogens (tertiary/aromatic N) is 2. The van der Waals surface area contributed by atoms with Gasteiger partial charge in [0.2, 0.25) is 0 Å². The molecule has 4 rings (SSSR count). The molecule has 0 saturated carbocycles. The van der Waals surface area contributed by atoms with Gasteiger partial charge in [0.1, 0.15) is 11.6 Å². The van der Waals surface area contributed by atoms with Gasteiger partial charge in [0.25, 0.3) is 5.91 Å². The molecule has 0 atom stereocenters. The summed E-state index contributed by atoms with van der Waals surface area (Å²) in [5, 5.41) is 3.08. The molecule has 1 heterocycles. The molecule has 0 aliphatic rings. The SMILES string of the molecule is Cc1ccc(C(=O)NCCCCCc2nc3ccccc3n2CCCCOc2c(C)cccc2C)c(C)c1. The zero-order valence-electron chi connectivity index (χ0n) is 23.3. The van der Waals surface area contributed by atoms with E-state index in [-0.39, 0.29) is 5.91 Å². The summed E-state index contributed by atoms with van der Waals surface area (Å²) in [4.78, 5) is 17.4. The van der Waals surface area contributed by atoms with E-state index in [9.17, 15) is 4.79 Å². The Kier molecular flexibility index (Phi) is 9.58. The van der Waals surface area contributed by atoms with E-state index in [4.69, 9.17) is 9.72 Å². The van der Waals surface area contributed by atoms with Gasteiger partial charge >= 0.3 is 0 Å². The van der Waals surface area contributed by atoms with E-state index >= 15 is 0 Å². The second-order valence-corrected chi connectivity index (χ2v) is 10.3. The van der Waals surface area contributed by atoms with Crippen molar-refractivity contribution in [3.8, 4) is 5.75 Å². The first kappa shape index (κ1) is 27.4. The molecule has 1 amide bonds. The molecule has 5 nitrogen and oxygen atoms in total. The fourth-order valence-corrected chi connectivity index (χ4v) is 5.09. The van der Waals surface area contributed by atoms with E-state index in [0.29, 0.717) is 6.54 Å². The molecular weight excluding hydrogens is 470 g/mol. The molecule has 1 N–H and O–H groups in total. The summed E-state index contributed by atoms with van der Waals surface area (Å²) in [6.45, 7) is 10.6. The number of carbonyl (C=O) groups is 1. The fraction of sp³-hybridized carbons (Fsp3) is 0.394. The van der Waals surface area contributed by atoms with Crippen LogP contribution >= 0.6 is 0 Å². The Hall–Kier alpha value is -3.60. The summed E-state index contributed by atoms with van der Waals surface area (Å²) >= 11 is 0. The van der Waals surface area contributed by atoms with Crippen molar-refractivity contribution in [2.45, 2.75) is 72.8 Å². The molecule has 0 aliphatic carbocycles. The van der Waals surface area contributed by atoms with Gasteiger partial charge in [-0.15, -0.1) is 0 Å². The van der Waals surface area contributed by atoms with Crippen LogP contribution in [0.15, 0.2) is 60.7 Å². The third-order valence-corrected chi connectivity index (χ3v) is 7.15. The lowest BCUT2D eigenvalue weighted by molar-refractivity contribution is 0.0952. The van der Waals surface area contributed by atoms with Gasteiger partial charge in [-0.05, 0) is 88.3 Å². The number of ether oxygens (including phenoxy) is 1. The summed E-state index contributed by atoms with van der Waals surface area (Å²) < 4.78 is 8.49. The third-order valence-electron chi connectivity index (χ3n) is 7.15. The molecule has 5 heteroatoms. The molecule has 0 unspecified atom stereocenters. The van der Waals surface area contributed by atoms with Gasteiger partial charge in [-0.3, -0.25) is 4.79 Å². The molecule has 0 radical (unpaired) electrons. The van der Waals surface area contributed by atoms with Crippen molar-refractivity contribution < 1.29 is 9.53 Å². The number of amides is 1. The number of para-hydroxylation sites is 3. The third kappa shape index (κ3) is 7.03. The molecular formula is C33H41N3O2. The Labute approximate surface area is 227 Å². The molecule has 1 aromatic heterocycles. The highest BCUT2D eigenvalue weighted by molar-refractivity contribution is 5.95. The van der Waals surface area contributed by atoms with Gasteiger partial charge in [0, 0.05) is 25.1 Å². The minimum absolute atomic E-state index is 0.0193. The van der Waals surface area contributed by atoms with Crippen LogP contribution in [0, 0.1) is 27.7 Å². The van der Waals surface area contributed by atoms with Crippen LogP contribution < -0.4 is 10.1 Å². The van der Waals surface area contributed by atoms with Crippen molar-refractivity contribution in [3.63, 3.8) is 0 Å². The number of nitrogens with one attached hydrogen (secondary N) is 1. The van der Waals surface area contributed by atoms with Crippen LogP contribution in [0.1, 0.15) is 70.5 Å². The lowest BCUT2D eigenvalue weighted by Gasteiger charge is -2.13. The summed E-state index contributed by atoms with van der Waals surface area (Å²) in [6, 6.07) is 20.7. The second-order valence-electron chi connectivity index (χ2n) is 10.3. The standard InChI is InChI=1S/C33H41N3O2/c1-24-18-19-28(27(4)23-24)33(37)34-20-9-5-6-17-31-35-29-15-7-8-16-30(29)36(31)21-10-11-22-38-32-25(2)13-12-14-26(32)3/h7-8,12-16,18-19,23H,5-6,9-11,17,20-22H2,1-4H3,(H,34,37). The van der Waals surface area contributed by atoms with Crippen molar-refractivity contribution in [3.05, 3.63) is 94.3 Å². The van der Waals surface area contributed by atoms with Crippen molar-refractivity contribution in [2.75, 3.05) is 13.2 Å². The number of carbonyl (C=O) groups excluding carboxylic acids is 1. The van der Waals surface area contributed by atoms with Crippen LogP contribution in [0.2, 0.25) is 0 Å². The maximum absolute atomic E-state index is 12.5. The second kappa shape index (κ2) is 13.3. The van der Waals surface area contributed by atoms with Crippen molar-refractivity contribution >= 4 is 16.9 Å². The smallest absolute Gasteiger partial charge is 0.251 e. The predicted octanol–water partition coefficient (Wildman–Crippen LogP) is 7.27. The molecule has 0 aliphatic heterocycles. The first-order valence-corrected chi connectivity index (χ1v) is 13.9. The van der Waals surface area contributed by atoms with Crippen LogP contribution in [0.5, 0.6) is 5.75 Å². The Morgan fingerprint density at radius 1 is 0.842 bits per heavy atom. The Morgan fingerprint density at radius 2 is 1.63 bits per heavy atom. The number of aromatic nitrogens is 2. The van der Waals surface area contributed by atoms with Crippen LogP contribution in [0.25, 0.3) is 11.0 Å². The van der Waals surface area contributed by atoms with Gasteiger partial charge in [0.15, 0.2) is 0 Å². The molecule has 38 heavy (non-hydrogen) atoms. The zero-order chi connectivity index (χ0) is 26.9. The number of benzene rings is 3. The Bertz CT molecular complexity index is 1350. The zero-order valence-corrected chi connectivity index (χ0v) is 23.3. The molecule has 0 saturated heterocycles. The molecule has 0 spiro atoms. The normalized spacial score (nSPS) is 11.2. The molecule has 0 bridgehead atoms. The quantitative estimate of drug-likeness (QED) is 0.192. The number of unbranched alkanes of at least 4 members (excludes halogenated alkanes) is 3. The lowest BCUT2D eigenvalue weighted by Crippen LogP contribution is -2.25. The summed E-state index contributed by atoms with van der Waals surface area (Å²) in [7, 11) is 0. The minimum Gasteiger partial charge on any atom is -0.493 e. The number of aryl methyl sites for hydroxylation is 6. The number of fused-ring (bicyclic) bond motifs is 1. The summed E-state index contributed by atoms with van der Waals surface area (Å²) in [5.74, 6) is 2.19. The lowest BCUT2D eigenvalue weighted by atomic mass is 10.1. The minimum atomic E-state index is 0.0193. The maximum atomic E-state index is 12.5. The number of hydrogen-bond donors (Lipinski definition) is 1. The monoisotopic (exact) mass is 511 g/mol. The number of hydrogen-bond acceptors (Lipinski definition) is 3. The van der Waals surface area contributed by atoms with Crippen LogP contribution in [0.4, 0.5) is 0 Å². The van der Waals surface area contributed by atoms with E-state index < -0.39 is 0 Å². The van der Waals surface area contributed by atoms with E-state index in [1.807, 2.05) is 26.0 Å². The van der Waals surface area contributed by atoms with Crippen molar-refractivity contribution in [1.29, 1.82) is 0 Å². The first-order valence-electron chi connectivity index (χ1n) is 13.9. The van der Waals surface area contributed by atoms with Crippen LogP contribution in [-0.2, 0) is 13.0 Å². The van der Waals surface area contributed by atoms with Crippen LogP contribution in [0.3, 0.4) is 0 Å². The number of rotatable bonds is 13. The Balaban J connectivity index is 1.23. The molecule has 0 fully saturated rings. The van der Waals surface area contributed by atoms with E-state index in [1.165, 1.54) is 22.2 Å². The van der Waals surface area contributed by atoms with Crippen molar-refractivity contribution in [2.24, 2.45) is 0 Å². The van der Waals surface area contributed by atoms with Gasteiger partial charge in [0.05, 0.1) is 17.6 Å². The van der Waals surface area contributed by atoms with Crippen LogP contribution in [-0.4, -0.2) is 28.6 Å². The predicted molar refractivity (Wildman–Crippen MR) is 156 cm³/mol. The van der Waals surface area contributed by atoms with E-state index in [1.54, 1.807) is 0 Å². The van der Waals surface area contributed by atoms with Gasteiger partial charge in [-0.25, -0.2) is 4.98 Å².